The predicted octanol–water partition coefficient (Wildman–Crippen LogP) is 4.59. The lowest BCUT2D eigenvalue weighted by molar-refractivity contribution is -0.117. The standard InChI is InChI=1S/C21H23F2NO4/c1-4-27-17-11-8-15(9-12-17)14(2)24-19(25)13-10-16-6-5-7-18(26-3)20(16)28-21(22)23/h5-14,21H,4H2,1-3H3,(H,24,25). The van der Waals surface area contributed by atoms with Gasteiger partial charge in [0.1, 0.15) is 5.75 Å². The molecule has 0 aliphatic carbocycles. The van der Waals surface area contributed by atoms with Crippen LogP contribution in [-0.4, -0.2) is 26.2 Å². The summed E-state index contributed by atoms with van der Waals surface area (Å²) in [5.41, 5.74) is 1.22. The fraction of sp³-hybridized carbons (Fsp3) is 0.286. The van der Waals surface area contributed by atoms with Gasteiger partial charge in [0.05, 0.1) is 19.8 Å². The molecule has 0 fully saturated rings. The Balaban J connectivity index is 2.07. The molecule has 0 saturated carbocycles. The summed E-state index contributed by atoms with van der Waals surface area (Å²) >= 11 is 0. The molecule has 7 heteroatoms. The number of para-hydroxylation sites is 1. The highest BCUT2D eigenvalue weighted by molar-refractivity contribution is 5.92. The topological polar surface area (TPSA) is 56.8 Å². The van der Waals surface area contributed by atoms with Gasteiger partial charge >= 0.3 is 6.61 Å². The number of nitrogens with one attached hydrogen (secondary N) is 1. The van der Waals surface area contributed by atoms with Gasteiger partial charge in [0, 0.05) is 11.6 Å². The number of halogens is 2. The van der Waals surface area contributed by atoms with Crippen LogP contribution in [0.4, 0.5) is 8.78 Å². The average molecular weight is 391 g/mol. The number of hydrogen-bond donors (Lipinski definition) is 1. The Labute approximate surface area is 162 Å². The third kappa shape index (κ3) is 5.97. The van der Waals surface area contributed by atoms with Crippen molar-refractivity contribution < 1.29 is 27.8 Å². The minimum absolute atomic E-state index is 0.122. The fourth-order valence-corrected chi connectivity index (χ4v) is 2.57. The first-order chi connectivity index (χ1) is 13.4. The van der Waals surface area contributed by atoms with Gasteiger partial charge in [-0.25, -0.2) is 0 Å². The maximum atomic E-state index is 12.7. The first-order valence-electron chi connectivity index (χ1n) is 8.77. The van der Waals surface area contributed by atoms with Gasteiger partial charge < -0.3 is 19.5 Å². The van der Waals surface area contributed by atoms with Gasteiger partial charge in [0.25, 0.3) is 0 Å². The third-order valence-corrected chi connectivity index (χ3v) is 3.90. The van der Waals surface area contributed by atoms with Crippen LogP contribution in [0.2, 0.25) is 0 Å². The zero-order valence-corrected chi connectivity index (χ0v) is 15.9. The van der Waals surface area contributed by atoms with Crippen molar-refractivity contribution in [2.24, 2.45) is 0 Å². The Kier molecular flexibility index (Phi) is 7.80. The molecule has 2 aromatic rings. The number of ether oxygens (including phenoxy) is 3. The zero-order chi connectivity index (χ0) is 20.5. The molecule has 28 heavy (non-hydrogen) atoms. The second-order valence-electron chi connectivity index (χ2n) is 5.82. The molecule has 0 heterocycles. The van der Waals surface area contributed by atoms with Gasteiger partial charge in [-0.3, -0.25) is 4.79 Å². The molecule has 1 unspecified atom stereocenters. The van der Waals surface area contributed by atoms with Crippen LogP contribution in [0.15, 0.2) is 48.5 Å². The molecular formula is C21H23F2NO4. The van der Waals surface area contributed by atoms with Crippen molar-refractivity contribution in [1.29, 1.82) is 0 Å². The number of amides is 1. The largest absolute Gasteiger partial charge is 0.494 e. The highest BCUT2D eigenvalue weighted by Crippen LogP contribution is 2.33. The number of alkyl halides is 2. The van der Waals surface area contributed by atoms with Crippen LogP contribution in [0.3, 0.4) is 0 Å². The average Bonchev–Trinajstić information content (AvgIpc) is 2.67. The Bertz CT molecular complexity index is 807. The lowest BCUT2D eigenvalue weighted by atomic mass is 10.1. The molecule has 1 amide bonds. The maximum absolute atomic E-state index is 12.7. The van der Waals surface area contributed by atoms with E-state index in [2.05, 4.69) is 10.1 Å². The van der Waals surface area contributed by atoms with Crippen LogP contribution in [0.25, 0.3) is 6.08 Å². The number of carbonyl (C=O) groups is 1. The van der Waals surface area contributed by atoms with Crippen molar-refractivity contribution >= 4 is 12.0 Å². The molecule has 0 bridgehead atoms. The predicted molar refractivity (Wildman–Crippen MR) is 103 cm³/mol. The van der Waals surface area contributed by atoms with Gasteiger partial charge in [0.2, 0.25) is 5.91 Å². The van der Waals surface area contributed by atoms with Crippen LogP contribution in [0, 0.1) is 0 Å². The third-order valence-electron chi connectivity index (χ3n) is 3.90. The molecule has 5 nitrogen and oxygen atoms in total. The van der Waals surface area contributed by atoms with E-state index in [0.717, 1.165) is 11.3 Å². The van der Waals surface area contributed by atoms with Gasteiger partial charge in [0.15, 0.2) is 11.5 Å². The molecule has 1 N–H and O–H groups in total. The Morgan fingerprint density at radius 2 is 1.89 bits per heavy atom. The number of hydrogen-bond acceptors (Lipinski definition) is 4. The van der Waals surface area contributed by atoms with Crippen LogP contribution >= 0.6 is 0 Å². The first-order valence-corrected chi connectivity index (χ1v) is 8.77. The van der Waals surface area contributed by atoms with Gasteiger partial charge in [-0.1, -0.05) is 24.3 Å². The molecule has 2 rings (SSSR count). The minimum Gasteiger partial charge on any atom is -0.494 e. The van der Waals surface area contributed by atoms with E-state index in [1.807, 2.05) is 38.1 Å². The van der Waals surface area contributed by atoms with Crippen LogP contribution in [0.1, 0.15) is 31.0 Å². The van der Waals surface area contributed by atoms with E-state index in [4.69, 9.17) is 9.47 Å². The van der Waals surface area contributed by atoms with E-state index >= 15 is 0 Å². The summed E-state index contributed by atoms with van der Waals surface area (Å²) < 4.78 is 40.3. The van der Waals surface area contributed by atoms with Crippen molar-refractivity contribution in [1.82, 2.24) is 5.32 Å². The molecule has 1 atom stereocenters. The quantitative estimate of drug-likeness (QED) is 0.636. The molecule has 0 aliphatic heterocycles. The van der Waals surface area contributed by atoms with E-state index < -0.39 is 6.61 Å². The highest BCUT2D eigenvalue weighted by Gasteiger charge is 2.14. The normalized spacial score (nSPS) is 12.1. The second kappa shape index (κ2) is 10.3. The molecule has 150 valence electrons. The monoisotopic (exact) mass is 391 g/mol. The van der Waals surface area contributed by atoms with Crippen LogP contribution < -0.4 is 19.5 Å². The number of carbonyl (C=O) groups excluding carboxylic acids is 1. The van der Waals surface area contributed by atoms with Gasteiger partial charge in [-0.15, -0.1) is 0 Å². The van der Waals surface area contributed by atoms with Gasteiger partial charge in [-0.2, -0.15) is 8.78 Å². The molecular weight excluding hydrogens is 368 g/mol. The van der Waals surface area contributed by atoms with Crippen molar-refractivity contribution in [2.45, 2.75) is 26.5 Å². The summed E-state index contributed by atoms with van der Waals surface area (Å²) in [5.74, 6) is 0.427. The molecule has 0 radical (unpaired) electrons. The summed E-state index contributed by atoms with van der Waals surface area (Å²) in [6.45, 7) is 1.33. The summed E-state index contributed by atoms with van der Waals surface area (Å²) in [6.07, 6.45) is 2.67. The van der Waals surface area contributed by atoms with Crippen molar-refractivity contribution in [3.8, 4) is 17.2 Å². The smallest absolute Gasteiger partial charge is 0.387 e. The molecule has 0 saturated heterocycles. The molecule has 0 spiro atoms. The van der Waals surface area contributed by atoms with Crippen molar-refractivity contribution in [3.63, 3.8) is 0 Å². The molecule has 2 aromatic carbocycles. The Morgan fingerprint density at radius 3 is 2.50 bits per heavy atom. The van der Waals surface area contributed by atoms with E-state index in [1.165, 1.54) is 25.3 Å². The number of rotatable bonds is 9. The van der Waals surface area contributed by atoms with E-state index in [1.54, 1.807) is 12.1 Å². The number of benzene rings is 2. The van der Waals surface area contributed by atoms with E-state index in [0.29, 0.717) is 12.2 Å². The van der Waals surface area contributed by atoms with Crippen LogP contribution in [0.5, 0.6) is 17.2 Å². The molecule has 0 aliphatic rings. The van der Waals surface area contributed by atoms with E-state index in [-0.39, 0.29) is 23.4 Å². The first kappa shape index (κ1) is 21.2. The highest BCUT2D eigenvalue weighted by atomic mass is 19.3. The minimum atomic E-state index is -3.00. The SMILES string of the molecule is CCOc1ccc(C(C)NC(=O)C=Cc2cccc(OC)c2OC(F)F)cc1. The lowest BCUT2D eigenvalue weighted by Gasteiger charge is -2.14. The lowest BCUT2D eigenvalue weighted by Crippen LogP contribution is -2.24. The Morgan fingerprint density at radius 1 is 1.18 bits per heavy atom. The molecule has 0 aromatic heterocycles. The fourth-order valence-electron chi connectivity index (χ4n) is 2.57. The van der Waals surface area contributed by atoms with Crippen molar-refractivity contribution in [3.05, 3.63) is 59.7 Å². The van der Waals surface area contributed by atoms with Gasteiger partial charge in [-0.05, 0) is 43.7 Å². The summed E-state index contributed by atoms with van der Waals surface area (Å²) in [5, 5.41) is 2.82. The summed E-state index contributed by atoms with van der Waals surface area (Å²) in [4.78, 5) is 12.2. The Hall–Kier alpha value is -3.09. The van der Waals surface area contributed by atoms with E-state index in [9.17, 15) is 13.6 Å². The zero-order valence-electron chi connectivity index (χ0n) is 15.9. The second-order valence-corrected chi connectivity index (χ2v) is 5.82. The summed E-state index contributed by atoms with van der Waals surface area (Å²) in [7, 11) is 1.35. The summed E-state index contributed by atoms with van der Waals surface area (Å²) in [6, 6.07) is 11.9. The van der Waals surface area contributed by atoms with Crippen LogP contribution in [-0.2, 0) is 4.79 Å². The number of methoxy groups -OCH3 is 1. The van der Waals surface area contributed by atoms with Crippen molar-refractivity contribution in [2.75, 3.05) is 13.7 Å². The maximum Gasteiger partial charge on any atom is 0.387 e.